The van der Waals surface area contributed by atoms with Crippen molar-refractivity contribution >= 4 is 40.3 Å². The molecule has 1 aromatic heterocycles. The molecule has 0 unspecified atom stereocenters. The van der Waals surface area contributed by atoms with Crippen LogP contribution in [0.1, 0.15) is 10.4 Å². The quantitative estimate of drug-likeness (QED) is 0.345. The smallest absolute Gasteiger partial charge is 0.355 e. The van der Waals surface area contributed by atoms with Crippen molar-refractivity contribution in [1.29, 1.82) is 0 Å². The van der Waals surface area contributed by atoms with Gasteiger partial charge in [0.1, 0.15) is 11.5 Å². The maximum absolute atomic E-state index is 12.7. The number of anilines is 2. The van der Waals surface area contributed by atoms with Crippen LogP contribution >= 0.6 is 0 Å². The molecule has 1 amide bonds. The molecule has 9 heteroatoms. The number of benzene rings is 3. The van der Waals surface area contributed by atoms with Crippen molar-refractivity contribution in [2.45, 2.75) is 0 Å². The first-order chi connectivity index (χ1) is 19.0. The van der Waals surface area contributed by atoms with E-state index in [9.17, 15) is 14.4 Å². The summed E-state index contributed by atoms with van der Waals surface area (Å²) in [5.74, 6) is -0.899. The topological polar surface area (TPSA) is 114 Å². The number of carbonyl (C=O) groups excluding carboxylic acids is 3. The number of fused-ring (bicyclic) bond motifs is 1. The number of aromatic amines is 1. The van der Waals surface area contributed by atoms with E-state index in [1.54, 1.807) is 47.5 Å². The number of nitrogens with zero attached hydrogens (tertiary/aromatic N) is 2. The van der Waals surface area contributed by atoms with Crippen LogP contribution in [-0.4, -0.2) is 42.0 Å². The van der Waals surface area contributed by atoms with Crippen molar-refractivity contribution in [3.8, 4) is 11.4 Å². The number of rotatable bonds is 6. The number of ether oxygens (including phenoxy) is 2. The van der Waals surface area contributed by atoms with E-state index in [-0.39, 0.29) is 17.2 Å². The van der Waals surface area contributed by atoms with Crippen molar-refractivity contribution in [2.75, 3.05) is 24.4 Å². The monoisotopic (exact) mass is 520 g/mol. The van der Waals surface area contributed by atoms with Gasteiger partial charge in [0.25, 0.3) is 5.91 Å². The van der Waals surface area contributed by atoms with Gasteiger partial charge in [-0.15, -0.1) is 0 Å². The van der Waals surface area contributed by atoms with Gasteiger partial charge in [-0.25, -0.2) is 14.6 Å². The number of esters is 2. The molecule has 2 heterocycles. The summed E-state index contributed by atoms with van der Waals surface area (Å²) >= 11 is 0. The third kappa shape index (κ3) is 5.19. The van der Waals surface area contributed by atoms with E-state index >= 15 is 0 Å². The number of amides is 1. The Morgan fingerprint density at radius 1 is 0.872 bits per heavy atom. The minimum absolute atomic E-state index is 0.0256. The zero-order chi connectivity index (χ0) is 27.4. The van der Waals surface area contributed by atoms with Crippen LogP contribution in [-0.2, 0) is 19.1 Å². The molecular weight excluding hydrogens is 496 g/mol. The second-order valence-electron chi connectivity index (χ2n) is 8.50. The lowest BCUT2D eigenvalue weighted by atomic mass is 10.1. The number of carbonyl (C=O) groups is 3. The minimum Gasteiger partial charge on any atom is -0.465 e. The molecule has 9 nitrogen and oxygen atoms in total. The van der Waals surface area contributed by atoms with Gasteiger partial charge in [-0.2, -0.15) is 0 Å². The summed E-state index contributed by atoms with van der Waals surface area (Å²) in [4.78, 5) is 47.2. The van der Waals surface area contributed by atoms with E-state index in [1.807, 2.05) is 48.5 Å². The van der Waals surface area contributed by atoms with Gasteiger partial charge >= 0.3 is 11.9 Å². The van der Waals surface area contributed by atoms with E-state index < -0.39 is 11.9 Å². The predicted molar refractivity (Wildman–Crippen MR) is 148 cm³/mol. The lowest BCUT2D eigenvalue weighted by Crippen LogP contribution is -2.26. The number of hydrogen-bond acceptors (Lipinski definition) is 7. The normalized spacial score (nSPS) is 12.8. The Hall–Kier alpha value is -5.44. The highest BCUT2D eigenvalue weighted by Crippen LogP contribution is 2.30. The van der Waals surface area contributed by atoms with E-state index in [0.717, 1.165) is 11.1 Å². The Kier molecular flexibility index (Phi) is 7.05. The van der Waals surface area contributed by atoms with Gasteiger partial charge < -0.3 is 24.7 Å². The van der Waals surface area contributed by atoms with Gasteiger partial charge in [0, 0.05) is 28.7 Å². The number of aromatic nitrogens is 2. The summed E-state index contributed by atoms with van der Waals surface area (Å²) < 4.78 is 9.85. The van der Waals surface area contributed by atoms with Gasteiger partial charge in [0.15, 0.2) is 0 Å². The molecule has 4 aromatic rings. The SMILES string of the molecule is COC(=O)C1=C(C(=O)OC)N(c2ccc3[nH]c(-c4ccc(NC(=O)c5ccccc5)cc4)nc3c2)C=CC=C1. The third-order valence-electron chi connectivity index (χ3n) is 6.09. The van der Waals surface area contributed by atoms with Crippen LogP contribution in [0.15, 0.2) is 108 Å². The average molecular weight is 521 g/mol. The lowest BCUT2D eigenvalue weighted by Gasteiger charge is -2.23. The first-order valence-corrected chi connectivity index (χ1v) is 12.0. The summed E-state index contributed by atoms with van der Waals surface area (Å²) in [5, 5.41) is 2.88. The molecule has 39 heavy (non-hydrogen) atoms. The average Bonchev–Trinajstić information content (AvgIpc) is 3.28. The third-order valence-corrected chi connectivity index (χ3v) is 6.09. The van der Waals surface area contributed by atoms with Crippen molar-refractivity contribution < 1.29 is 23.9 Å². The molecule has 0 saturated carbocycles. The molecule has 0 aliphatic carbocycles. The van der Waals surface area contributed by atoms with Crippen LogP contribution < -0.4 is 10.2 Å². The molecule has 2 N–H and O–H groups in total. The highest BCUT2D eigenvalue weighted by molar-refractivity contribution is 6.06. The second kappa shape index (κ2) is 10.9. The molecule has 5 rings (SSSR count). The molecule has 3 aromatic carbocycles. The summed E-state index contributed by atoms with van der Waals surface area (Å²) in [6.45, 7) is 0. The first-order valence-electron chi connectivity index (χ1n) is 12.0. The Balaban J connectivity index is 1.43. The number of methoxy groups -OCH3 is 2. The van der Waals surface area contributed by atoms with Crippen molar-refractivity contribution in [2.24, 2.45) is 0 Å². The van der Waals surface area contributed by atoms with Gasteiger partial charge in [0.2, 0.25) is 0 Å². The van der Waals surface area contributed by atoms with E-state index in [1.165, 1.54) is 20.3 Å². The number of nitrogens with one attached hydrogen (secondary N) is 2. The van der Waals surface area contributed by atoms with E-state index in [4.69, 9.17) is 14.5 Å². The highest BCUT2D eigenvalue weighted by Gasteiger charge is 2.27. The zero-order valence-electron chi connectivity index (χ0n) is 21.2. The van der Waals surface area contributed by atoms with Crippen LogP contribution in [0, 0.1) is 0 Å². The molecule has 1 aliphatic heterocycles. The molecule has 0 spiro atoms. The second-order valence-corrected chi connectivity index (χ2v) is 8.50. The molecular formula is C30H24N4O5. The standard InChI is InChI=1S/C30H24N4O5/c1-38-29(36)23-10-6-7-17-34(26(23)30(37)39-2)22-15-16-24-25(18-22)33-27(32-24)19-11-13-21(14-12-19)31-28(35)20-8-4-3-5-9-20/h3-18H,1-2H3,(H,31,35)(H,32,33). The summed E-state index contributed by atoms with van der Waals surface area (Å²) in [6.07, 6.45) is 6.52. The Bertz CT molecular complexity index is 1650. The van der Waals surface area contributed by atoms with Gasteiger partial charge in [-0.1, -0.05) is 24.3 Å². The zero-order valence-corrected chi connectivity index (χ0v) is 21.2. The fourth-order valence-corrected chi connectivity index (χ4v) is 4.15. The molecule has 0 saturated heterocycles. The maximum atomic E-state index is 12.7. The number of allylic oxidation sites excluding steroid dienone is 2. The molecule has 0 radical (unpaired) electrons. The van der Waals surface area contributed by atoms with Gasteiger partial charge in [0.05, 0.1) is 30.8 Å². The molecule has 1 aliphatic rings. The Morgan fingerprint density at radius 2 is 1.62 bits per heavy atom. The number of H-pyrrole nitrogens is 1. The Labute approximate surface area is 224 Å². The van der Waals surface area contributed by atoms with E-state index in [0.29, 0.717) is 28.3 Å². The number of imidazole rings is 1. The summed E-state index contributed by atoms with van der Waals surface area (Å²) in [5.41, 5.74) is 4.19. The fourth-order valence-electron chi connectivity index (χ4n) is 4.15. The van der Waals surface area contributed by atoms with Crippen LogP contribution in [0.25, 0.3) is 22.4 Å². The van der Waals surface area contributed by atoms with Crippen molar-refractivity contribution in [3.05, 3.63) is 114 Å². The molecule has 0 bridgehead atoms. The molecule has 0 fully saturated rings. The summed E-state index contributed by atoms with van der Waals surface area (Å²) in [6, 6.07) is 21.8. The van der Waals surface area contributed by atoms with Crippen molar-refractivity contribution in [3.63, 3.8) is 0 Å². The van der Waals surface area contributed by atoms with Crippen LogP contribution in [0.5, 0.6) is 0 Å². The maximum Gasteiger partial charge on any atom is 0.355 e. The fraction of sp³-hybridized carbons (Fsp3) is 0.0667. The highest BCUT2D eigenvalue weighted by atomic mass is 16.5. The minimum atomic E-state index is -0.686. The molecule has 194 valence electrons. The predicted octanol–water partition coefficient (Wildman–Crippen LogP) is 4.97. The first kappa shape index (κ1) is 25.2. The molecule has 0 atom stereocenters. The van der Waals surface area contributed by atoms with Crippen LogP contribution in [0.2, 0.25) is 0 Å². The number of hydrogen-bond donors (Lipinski definition) is 2. The largest absolute Gasteiger partial charge is 0.465 e. The summed E-state index contributed by atoms with van der Waals surface area (Å²) in [7, 11) is 2.50. The van der Waals surface area contributed by atoms with E-state index in [2.05, 4.69) is 10.3 Å². The van der Waals surface area contributed by atoms with Gasteiger partial charge in [-0.05, 0) is 66.7 Å². The van der Waals surface area contributed by atoms with Crippen LogP contribution in [0.4, 0.5) is 11.4 Å². The van der Waals surface area contributed by atoms with Crippen molar-refractivity contribution in [1.82, 2.24) is 9.97 Å². The van der Waals surface area contributed by atoms with Crippen LogP contribution in [0.3, 0.4) is 0 Å². The van der Waals surface area contributed by atoms with Gasteiger partial charge in [-0.3, -0.25) is 4.79 Å². The Morgan fingerprint density at radius 3 is 2.33 bits per heavy atom. The lowest BCUT2D eigenvalue weighted by molar-refractivity contribution is -0.139.